The van der Waals surface area contributed by atoms with Crippen LogP contribution in [0.25, 0.3) is 0 Å². The average Bonchev–Trinajstić information content (AvgIpc) is 3.12. The summed E-state index contributed by atoms with van der Waals surface area (Å²) < 4.78 is 7.20. The van der Waals surface area contributed by atoms with Crippen molar-refractivity contribution in [3.05, 3.63) is 17.5 Å². The molecular formula is C16H27N3O2. The van der Waals surface area contributed by atoms with Gasteiger partial charge in [-0.1, -0.05) is 20.3 Å². The van der Waals surface area contributed by atoms with Crippen LogP contribution in [-0.4, -0.2) is 46.9 Å². The van der Waals surface area contributed by atoms with Crippen LogP contribution in [0.4, 0.5) is 0 Å². The van der Waals surface area contributed by atoms with Crippen LogP contribution in [0.1, 0.15) is 55.6 Å². The molecule has 5 nitrogen and oxygen atoms in total. The molecule has 21 heavy (non-hydrogen) atoms. The Bertz CT molecular complexity index is 478. The first-order valence-corrected chi connectivity index (χ1v) is 7.97. The van der Waals surface area contributed by atoms with E-state index in [0.717, 1.165) is 43.8 Å². The fourth-order valence-corrected chi connectivity index (χ4v) is 2.75. The highest BCUT2D eigenvalue weighted by molar-refractivity contribution is 5.95. The molecule has 0 aliphatic carbocycles. The van der Waals surface area contributed by atoms with Gasteiger partial charge in [-0.15, -0.1) is 0 Å². The van der Waals surface area contributed by atoms with Crippen molar-refractivity contribution in [3.8, 4) is 0 Å². The molecule has 0 bridgehead atoms. The second-order valence-corrected chi connectivity index (χ2v) is 6.02. The molecule has 2 atom stereocenters. The van der Waals surface area contributed by atoms with Crippen molar-refractivity contribution >= 4 is 5.91 Å². The van der Waals surface area contributed by atoms with Crippen LogP contribution in [-0.2, 0) is 11.8 Å². The molecule has 2 rings (SSSR count). The van der Waals surface area contributed by atoms with Gasteiger partial charge in [-0.25, -0.2) is 0 Å². The Kier molecular flexibility index (Phi) is 5.39. The predicted molar refractivity (Wildman–Crippen MR) is 82.4 cm³/mol. The fourth-order valence-electron chi connectivity index (χ4n) is 2.75. The smallest absolute Gasteiger partial charge is 0.257 e. The highest BCUT2D eigenvalue weighted by Crippen LogP contribution is 2.27. The van der Waals surface area contributed by atoms with Gasteiger partial charge in [0, 0.05) is 38.9 Å². The number of aryl methyl sites for hydroxylation is 1. The molecule has 0 aromatic carbocycles. The highest BCUT2D eigenvalue weighted by Gasteiger charge is 2.28. The Labute approximate surface area is 127 Å². The van der Waals surface area contributed by atoms with Gasteiger partial charge in [-0.3, -0.25) is 9.48 Å². The van der Waals surface area contributed by atoms with E-state index >= 15 is 0 Å². The van der Waals surface area contributed by atoms with E-state index < -0.39 is 0 Å². The predicted octanol–water partition coefficient (Wildman–Crippen LogP) is 2.43. The molecule has 1 aliphatic heterocycles. The monoisotopic (exact) mass is 293 g/mol. The molecule has 0 saturated carbocycles. The zero-order chi connectivity index (χ0) is 15.4. The minimum absolute atomic E-state index is 0.104. The second kappa shape index (κ2) is 7.07. The van der Waals surface area contributed by atoms with Crippen LogP contribution in [0.2, 0.25) is 0 Å². The molecule has 1 aromatic heterocycles. The normalized spacial score (nSPS) is 19.7. The summed E-state index contributed by atoms with van der Waals surface area (Å²) in [6, 6.07) is 0. The molecule has 1 fully saturated rings. The number of ether oxygens (including phenoxy) is 1. The maximum absolute atomic E-state index is 12.8. The molecule has 2 heterocycles. The first-order chi connectivity index (χ1) is 10.1. The number of rotatable bonds is 6. The molecule has 1 aromatic rings. The van der Waals surface area contributed by atoms with Gasteiger partial charge in [-0.2, -0.15) is 5.10 Å². The fraction of sp³-hybridized carbons (Fsp3) is 0.750. The van der Waals surface area contributed by atoms with E-state index in [0.29, 0.717) is 12.5 Å². The quantitative estimate of drug-likeness (QED) is 0.809. The summed E-state index contributed by atoms with van der Waals surface area (Å²) in [4.78, 5) is 14.8. The summed E-state index contributed by atoms with van der Waals surface area (Å²) in [5, 5.41) is 4.52. The number of aromatic nitrogens is 2. The van der Waals surface area contributed by atoms with Crippen molar-refractivity contribution in [2.45, 2.75) is 39.5 Å². The lowest BCUT2D eigenvalue weighted by molar-refractivity contribution is 0.0739. The topological polar surface area (TPSA) is 47.4 Å². The van der Waals surface area contributed by atoms with Crippen molar-refractivity contribution in [2.75, 3.05) is 26.3 Å². The average molecular weight is 293 g/mol. The summed E-state index contributed by atoms with van der Waals surface area (Å²) in [6.45, 7) is 9.36. The SMILES string of the molecule is CC[C@@H](C)CN(CC)C(=O)c1cn(C)nc1[C@@H]1CCOC1. The van der Waals surface area contributed by atoms with Gasteiger partial charge < -0.3 is 9.64 Å². The molecule has 0 N–H and O–H groups in total. The second-order valence-electron chi connectivity index (χ2n) is 6.02. The Morgan fingerprint density at radius 2 is 2.33 bits per heavy atom. The molecule has 118 valence electrons. The Morgan fingerprint density at radius 3 is 2.90 bits per heavy atom. The van der Waals surface area contributed by atoms with Gasteiger partial charge in [0.1, 0.15) is 0 Å². The van der Waals surface area contributed by atoms with Gasteiger partial charge in [0.2, 0.25) is 0 Å². The van der Waals surface area contributed by atoms with Crippen molar-refractivity contribution in [3.63, 3.8) is 0 Å². The number of carbonyl (C=O) groups is 1. The molecule has 5 heteroatoms. The van der Waals surface area contributed by atoms with Crippen LogP contribution in [0.3, 0.4) is 0 Å². The number of carbonyl (C=O) groups excluding carboxylic acids is 1. The third-order valence-corrected chi connectivity index (χ3v) is 4.30. The summed E-state index contributed by atoms with van der Waals surface area (Å²) in [7, 11) is 1.88. The van der Waals surface area contributed by atoms with E-state index in [1.54, 1.807) is 4.68 Å². The number of hydrogen-bond donors (Lipinski definition) is 0. The van der Waals surface area contributed by atoms with E-state index in [1.807, 2.05) is 25.1 Å². The number of amides is 1. The summed E-state index contributed by atoms with van der Waals surface area (Å²) >= 11 is 0. The van der Waals surface area contributed by atoms with Gasteiger partial charge in [-0.05, 0) is 19.3 Å². The molecule has 1 amide bonds. The minimum atomic E-state index is 0.104. The van der Waals surface area contributed by atoms with Crippen molar-refractivity contribution in [1.29, 1.82) is 0 Å². The standard InChI is InChI=1S/C16H27N3O2/c1-5-12(3)9-19(6-2)16(20)14-10-18(4)17-15(14)13-7-8-21-11-13/h10,12-13H,5-9,11H2,1-4H3/t12-,13-/m1/s1. The lowest BCUT2D eigenvalue weighted by Gasteiger charge is -2.24. The van der Waals surface area contributed by atoms with Crippen LogP contribution in [0.15, 0.2) is 6.20 Å². The van der Waals surface area contributed by atoms with E-state index in [9.17, 15) is 4.79 Å². The summed E-state index contributed by atoms with van der Waals surface area (Å²) in [6.07, 6.45) is 3.89. The molecule has 1 saturated heterocycles. The first-order valence-electron chi connectivity index (χ1n) is 7.97. The molecular weight excluding hydrogens is 266 g/mol. The lowest BCUT2D eigenvalue weighted by Crippen LogP contribution is -2.35. The zero-order valence-electron chi connectivity index (χ0n) is 13.6. The third kappa shape index (κ3) is 3.64. The summed E-state index contributed by atoms with van der Waals surface area (Å²) in [5.74, 6) is 0.879. The third-order valence-electron chi connectivity index (χ3n) is 4.30. The van der Waals surface area contributed by atoms with Crippen molar-refractivity contribution in [2.24, 2.45) is 13.0 Å². The lowest BCUT2D eigenvalue weighted by atomic mass is 10.00. The van der Waals surface area contributed by atoms with Crippen molar-refractivity contribution in [1.82, 2.24) is 14.7 Å². The molecule has 0 radical (unpaired) electrons. The number of hydrogen-bond acceptors (Lipinski definition) is 3. The Morgan fingerprint density at radius 1 is 1.57 bits per heavy atom. The zero-order valence-corrected chi connectivity index (χ0v) is 13.6. The van der Waals surface area contributed by atoms with Crippen molar-refractivity contribution < 1.29 is 9.53 Å². The molecule has 1 aliphatic rings. The van der Waals surface area contributed by atoms with Crippen LogP contribution in [0, 0.1) is 5.92 Å². The van der Waals surface area contributed by atoms with E-state index in [-0.39, 0.29) is 11.8 Å². The maximum atomic E-state index is 12.8. The van der Waals surface area contributed by atoms with Gasteiger partial charge in [0.15, 0.2) is 0 Å². The maximum Gasteiger partial charge on any atom is 0.257 e. The van der Waals surface area contributed by atoms with Gasteiger partial charge >= 0.3 is 0 Å². The molecule has 0 unspecified atom stereocenters. The number of nitrogens with zero attached hydrogens (tertiary/aromatic N) is 3. The van der Waals surface area contributed by atoms with Crippen LogP contribution in [0.5, 0.6) is 0 Å². The van der Waals surface area contributed by atoms with Gasteiger partial charge in [0.05, 0.1) is 17.9 Å². The van der Waals surface area contributed by atoms with E-state index in [4.69, 9.17) is 4.74 Å². The van der Waals surface area contributed by atoms with Crippen LogP contribution >= 0.6 is 0 Å². The van der Waals surface area contributed by atoms with E-state index in [2.05, 4.69) is 18.9 Å². The van der Waals surface area contributed by atoms with Gasteiger partial charge in [0.25, 0.3) is 5.91 Å². The van der Waals surface area contributed by atoms with Crippen LogP contribution < -0.4 is 0 Å². The first kappa shape index (κ1) is 16.0. The minimum Gasteiger partial charge on any atom is -0.381 e. The molecule has 0 spiro atoms. The Balaban J connectivity index is 2.20. The van der Waals surface area contributed by atoms with E-state index in [1.165, 1.54) is 0 Å². The summed E-state index contributed by atoms with van der Waals surface area (Å²) in [5.41, 5.74) is 1.65. The Hall–Kier alpha value is -1.36. The highest BCUT2D eigenvalue weighted by atomic mass is 16.5. The largest absolute Gasteiger partial charge is 0.381 e.